The number of hydrogen-bond acceptors (Lipinski definition) is 4. The zero-order chi connectivity index (χ0) is 11.4. The molecule has 2 rings (SSSR count). The second kappa shape index (κ2) is 5.09. The van der Waals surface area contributed by atoms with Crippen molar-refractivity contribution in [1.82, 2.24) is 15.1 Å². The van der Waals surface area contributed by atoms with Crippen LogP contribution in [0.25, 0.3) is 0 Å². The van der Waals surface area contributed by atoms with E-state index in [2.05, 4.69) is 20.4 Å². The molecular weight excluding hydrogens is 208 g/mol. The molecule has 0 bridgehead atoms. The topological polar surface area (TPSA) is 70.2 Å². The molecule has 1 unspecified atom stereocenters. The molecule has 0 saturated carbocycles. The smallest absolute Gasteiger partial charge is 0.242 e. The van der Waals surface area contributed by atoms with E-state index in [1.54, 1.807) is 12.3 Å². The molecule has 6 heteroatoms. The molecule has 1 fully saturated rings. The number of aromatic nitrogens is 2. The van der Waals surface area contributed by atoms with Crippen LogP contribution in [0.1, 0.15) is 6.92 Å². The van der Waals surface area contributed by atoms with E-state index in [9.17, 15) is 4.79 Å². The van der Waals surface area contributed by atoms with Gasteiger partial charge in [0.25, 0.3) is 0 Å². The van der Waals surface area contributed by atoms with E-state index < -0.39 is 0 Å². The lowest BCUT2D eigenvalue weighted by Crippen LogP contribution is -2.47. The van der Waals surface area contributed by atoms with Crippen LogP contribution >= 0.6 is 0 Å². The molecule has 0 aliphatic carbocycles. The average molecular weight is 224 g/mol. The highest BCUT2D eigenvalue weighted by molar-refractivity contribution is 5.93. The van der Waals surface area contributed by atoms with E-state index in [1.807, 2.05) is 6.92 Å². The molecule has 0 radical (unpaired) electrons. The minimum Gasteiger partial charge on any atom is -0.379 e. The van der Waals surface area contributed by atoms with Crippen molar-refractivity contribution in [3.05, 3.63) is 12.3 Å². The highest BCUT2D eigenvalue weighted by Crippen LogP contribution is 2.06. The lowest BCUT2D eigenvalue weighted by Gasteiger charge is -2.31. The third-order valence-electron chi connectivity index (χ3n) is 2.73. The van der Waals surface area contributed by atoms with Crippen LogP contribution in [0, 0.1) is 0 Å². The number of morpholine rings is 1. The average Bonchev–Trinajstić information content (AvgIpc) is 2.82. The molecule has 88 valence electrons. The van der Waals surface area contributed by atoms with Gasteiger partial charge in [-0.3, -0.25) is 14.8 Å². The number of carbonyl (C=O) groups is 1. The number of aromatic amines is 1. The van der Waals surface area contributed by atoms with Crippen molar-refractivity contribution < 1.29 is 9.53 Å². The Morgan fingerprint density at radius 3 is 3.00 bits per heavy atom. The van der Waals surface area contributed by atoms with Crippen LogP contribution in [0.5, 0.6) is 0 Å². The van der Waals surface area contributed by atoms with E-state index in [4.69, 9.17) is 4.74 Å². The molecule has 16 heavy (non-hydrogen) atoms. The molecule has 6 nitrogen and oxygen atoms in total. The minimum atomic E-state index is -0.146. The summed E-state index contributed by atoms with van der Waals surface area (Å²) in [6.07, 6.45) is 1.61. The zero-order valence-corrected chi connectivity index (χ0v) is 9.27. The van der Waals surface area contributed by atoms with Gasteiger partial charge < -0.3 is 10.1 Å². The van der Waals surface area contributed by atoms with Crippen LogP contribution in [0.4, 0.5) is 5.82 Å². The fourth-order valence-corrected chi connectivity index (χ4v) is 1.69. The van der Waals surface area contributed by atoms with Crippen molar-refractivity contribution in [3.63, 3.8) is 0 Å². The Morgan fingerprint density at radius 2 is 2.38 bits per heavy atom. The van der Waals surface area contributed by atoms with Crippen molar-refractivity contribution in [2.75, 3.05) is 31.6 Å². The highest BCUT2D eigenvalue weighted by Gasteiger charge is 2.23. The summed E-state index contributed by atoms with van der Waals surface area (Å²) >= 11 is 0. The van der Waals surface area contributed by atoms with Gasteiger partial charge in [-0.05, 0) is 6.92 Å². The first kappa shape index (κ1) is 11.1. The van der Waals surface area contributed by atoms with Crippen LogP contribution < -0.4 is 5.32 Å². The number of hydrogen-bond donors (Lipinski definition) is 2. The van der Waals surface area contributed by atoms with Crippen molar-refractivity contribution in [2.24, 2.45) is 0 Å². The predicted molar refractivity (Wildman–Crippen MR) is 59.1 cm³/mol. The SMILES string of the molecule is CC(C(=O)Nc1ccn[nH]1)N1CCOCC1. The number of ether oxygens (including phenoxy) is 1. The molecule has 0 aromatic carbocycles. The molecular formula is C10H16N4O2. The van der Waals surface area contributed by atoms with Crippen molar-refractivity contribution in [3.8, 4) is 0 Å². The van der Waals surface area contributed by atoms with Crippen LogP contribution in [0.15, 0.2) is 12.3 Å². The summed E-state index contributed by atoms with van der Waals surface area (Å²) in [6, 6.07) is 1.58. The maximum atomic E-state index is 11.9. The van der Waals surface area contributed by atoms with Crippen LogP contribution in [0.2, 0.25) is 0 Å². The Morgan fingerprint density at radius 1 is 1.62 bits per heavy atom. The fraction of sp³-hybridized carbons (Fsp3) is 0.600. The van der Waals surface area contributed by atoms with E-state index in [0.717, 1.165) is 13.1 Å². The Bertz CT molecular complexity index is 333. The van der Waals surface area contributed by atoms with Crippen molar-refractivity contribution in [2.45, 2.75) is 13.0 Å². The van der Waals surface area contributed by atoms with E-state index in [1.165, 1.54) is 0 Å². The standard InChI is InChI=1S/C10H16N4O2/c1-8(14-4-6-16-7-5-14)10(15)12-9-2-3-11-13-9/h2-3,8H,4-7H2,1H3,(H2,11,12,13,15). The van der Waals surface area contributed by atoms with Crippen LogP contribution in [0.3, 0.4) is 0 Å². The van der Waals surface area contributed by atoms with Crippen molar-refractivity contribution >= 4 is 11.7 Å². The van der Waals surface area contributed by atoms with Gasteiger partial charge in [0.05, 0.1) is 25.5 Å². The van der Waals surface area contributed by atoms with Crippen LogP contribution in [-0.4, -0.2) is 53.3 Å². The zero-order valence-electron chi connectivity index (χ0n) is 9.27. The number of amides is 1. The van der Waals surface area contributed by atoms with Gasteiger partial charge in [0.1, 0.15) is 5.82 Å². The molecule has 1 atom stereocenters. The Kier molecular flexibility index (Phi) is 3.53. The molecule has 2 heterocycles. The molecule has 1 amide bonds. The molecule has 1 aliphatic heterocycles. The Hall–Kier alpha value is -1.40. The molecule has 2 N–H and O–H groups in total. The first-order valence-electron chi connectivity index (χ1n) is 5.39. The maximum absolute atomic E-state index is 11.9. The first-order chi connectivity index (χ1) is 7.77. The quantitative estimate of drug-likeness (QED) is 0.762. The summed E-state index contributed by atoms with van der Waals surface area (Å²) in [5.41, 5.74) is 0. The van der Waals surface area contributed by atoms with E-state index in [0.29, 0.717) is 19.0 Å². The van der Waals surface area contributed by atoms with Crippen LogP contribution in [-0.2, 0) is 9.53 Å². The van der Waals surface area contributed by atoms with Gasteiger partial charge >= 0.3 is 0 Å². The van der Waals surface area contributed by atoms with Gasteiger partial charge in [-0.2, -0.15) is 5.10 Å². The van der Waals surface area contributed by atoms with E-state index >= 15 is 0 Å². The molecule has 0 spiro atoms. The second-order valence-electron chi connectivity index (χ2n) is 3.78. The third-order valence-corrected chi connectivity index (χ3v) is 2.73. The molecule has 1 aromatic rings. The normalized spacial score (nSPS) is 19.3. The largest absolute Gasteiger partial charge is 0.379 e. The summed E-state index contributed by atoms with van der Waals surface area (Å²) in [7, 11) is 0. The Balaban J connectivity index is 1.88. The summed E-state index contributed by atoms with van der Waals surface area (Å²) in [5.74, 6) is 0.608. The van der Waals surface area contributed by atoms with Gasteiger partial charge in [-0.15, -0.1) is 0 Å². The summed E-state index contributed by atoms with van der Waals surface area (Å²) < 4.78 is 5.25. The lowest BCUT2D eigenvalue weighted by atomic mass is 10.2. The summed E-state index contributed by atoms with van der Waals surface area (Å²) in [5, 5.41) is 9.25. The molecule has 1 aromatic heterocycles. The summed E-state index contributed by atoms with van der Waals surface area (Å²) in [6.45, 7) is 4.90. The van der Waals surface area contributed by atoms with Gasteiger partial charge in [0.2, 0.25) is 5.91 Å². The van der Waals surface area contributed by atoms with Gasteiger partial charge in [-0.25, -0.2) is 0 Å². The number of anilines is 1. The third kappa shape index (κ3) is 2.59. The Labute approximate surface area is 94.0 Å². The van der Waals surface area contributed by atoms with Crippen molar-refractivity contribution in [1.29, 1.82) is 0 Å². The predicted octanol–water partition coefficient (Wildman–Crippen LogP) is 0.0689. The lowest BCUT2D eigenvalue weighted by molar-refractivity contribution is -0.122. The number of nitrogens with one attached hydrogen (secondary N) is 2. The number of carbonyl (C=O) groups excluding carboxylic acids is 1. The summed E-state index contributed by atoms with van der Waals surface area (Å²) in [4.78, 5) is 14.0. The molecule has 1 saturated heterocycles. The minimum absolute atomic E-state index is 0.0221. The number of H-pyrrole nitrogens is 1. The monoisotopic (exact) mass is 224 g/mol. The number of nitrogens with zero attached hydrogens (tertiary/aromatic N) is 2. The van der Waals surface area contributed by atoms with Gasteiger partial charge in [0.15, 0.2) is 0 Å². The maximum Gasteiger partial charge on any atom is 0.242 e. The number of rotatable bonds is 3. The van der Waals surface area contributed by atoms with Gasteiger partial charge in [0, 0.05) is 19.2 Å². The van der Waals surface area contributed by atoms with E-state index in [-0.39, 0.29) is 11.9 Å². The highest BCUT2D eigenvalue weighted by atomic mass is 16.5. The molecule has 1 aliphatic rings. The second-order valence-corrected chi connectivity index (χ2v) is 3.78. The first-order valence-corrected chi connectivity index (χ1v) is 5.39. The fourth-order valence-electron chi connectivity index (χ4n) is 1.69. The van der Waals surface area contributed by atoms with Gasteiger partial charge in [-0.1, -0.05) is 0 Å².